The van der Waals surface area contributed by atoms with Crippen molar-refractivity contribution in [1.29, 1.82) is 0 Å². The lowest BCUT2D eigenvalue weighted by molar-refractivity contribution is -0.133. The van der Waals surface area contributed by atoms with Crippen molar-refractivity contribution in [2.24, 2.45) is 0 Å². The minimum absolute atomic E-state index is 0.0799. The van der Waals surface area contributed by atoms with Gasteiger partial charge in [-0.1, -0.05) is 6.07 Å². The largest absolute Gasteiger partial charge is 0.493 e. The molecule has 1 heterocycles. The fraction of sp³-hybridized carbons (Fsp3) is 0.533. The number of nitrogens with zero attached hydrogens (tertiary/aromatic N) is 1. The molecule has 2 N–H and O–H groups in total. The molecular formula is C15H22N2O3. The average molecular weight is 278 g/mol. The molecule has 2 rings (SSSR count). The summed E-state index contributed by atoms with van der Waals surface area (Å²) in [6.07, 6.45) is 1.37. The molecule has 20 heavy (non-hydrogen) atoms. The summed E-state index contributed by atoms with van der Waals surface area (Å²) in [5, 5.41) is 0. The first-order valence-corrected chi connectivity index (χ1v) is 6.93. The first kappa shape index (κ1) is 14.7. The van der Waals surface area contributed by atoms with Crippen LogP contribution in [0.4, 0.5) is 5.69 Å². The Morgan fingerprint density at radius 1 is 1.55 bits per heavy atom. The molecule has 2 atom stereocenters. The van der Waals surface area contributed by atoms with E-state index in [-0.39, 0.29) is 18.1 Å². The van der Waals surface area contributed by atoms with Crippen LogP contribution in [0, 0.1) is 0 Å². The van der Waals surface area contributed by atoms with Crippen LogP contribution < -0.4 is 10.5 Å². The predicted molar refractivity (Wildman–Crippen MR) is 77.6 cm³/mol. The van der Waals surface area contributed by atoms with Gasteiger partial charge in [-0.3, -0.25) is 4.79 Å². The summed E-state index contributed by atoms with van der Waals surface area (Å²) in [5.41, 5.74) is 6.32. The molecule has 0 bridgehead atoms. The van der Waals surface area contributed by atoms with Crippen molar-refractivity contribution in [3.05, 3.63) is 24.3 Å². The highest BCUT2D eigenvalue weighted by Gasteiger charge is 2.30. The van der Waals surface area contributed by atoms with Gasteiger partial charge >= 0.3 is 0 Å². The van der Waals surface area contributed by atoms with E-state index in [0.29, 0.717) is 24.5 Å². The molecule has 2 unspecified atom stereocenters. The van der Waals surface area contributed by atoms with Gasteiger partial charge in [0.05, 0.1) is 25.2 Å². The van der Waals surface area contributed by atoms with Crippen LogP contribution >= 0.6 is 0 Å². The van der Waals surface area contributed by atoms with Gasteiger partial charge in [0.1, 0.15) is 5.75 Å². The van der Waals surface area contributed by atoms with Crippen LogP contribution in [0.5, 0.6) is 5.75 Å². The standard InChI is InChI=1S/C15H22N2O3/c1-11-14(6-8-19-11)17(2)15(18)7-9-20-13-5-3-4-12(16)10-13/h3-5,10-11,14H,6-9,16H2,1-2H3. The van der Waals surface area contributed by atoms with Gasteiger partial charge in [0.2, 0.25) is 5.91 Å². The zero-order chi connectivity index (χ0) is 14.5. The molecule has 0 aromatic heterocycles. The summed E-state index contributed by atoms with van der Waals surface area (Å²) in [6, 6.07) is 7.39. The molecule has 0 saturated carbocycles. The smallest absolute Gasteiger partial charge is 0.226 e. The van der Waals surface area contributed by atoms with Crippen molar-refractivity contribution in [2.45, 2.75) is 31.9 Å². The first-order valence-electron chi connectivity index (χ1n) is 6.93. The summed E-state index contributed by atoms with van der Waals surface area (Å²) >= 11 is 0. The van der Waals surface area contributed by atoms with Crippen LogP contribution in [0.15, 0.2) is 24.3 Å². The molecule has 1 amide bonds. The zero-order valence-electron chi connectivity index (χ0n) is 12.0. The Morgan fingerprint density at radius 2 is 2.35 bits per heavy atom. The Hall–Kier alpha value is -1.75. The van der Waals surface area contributed by atoms with Crippen LogP contribution in [-0.4, -0.2) is 43.2 Å². The monoisotopic (exact) mass is 278 g/mol. The Kier molecular flexibility index (Phi) is 4.84. The molecule has 1 saturated heterocycles. The van der Waals surface area contributed by atoms with Gasteiger partial charge in [-0.2, -0.15) is 0 Å². The molecular weight excluding hydrogens is 256 g/mol. The molecule has 1 aromatic rings. The number of benzene rings is 1. The second-order valence-corrected chi connectivity index (χ2v) is 5.11. The predicted octanol–water partition coefficient (Wildman–Crippen LogP) is 1.67. The molecule has 110 valence electrons. The van der Waals surface area contributed by atoms with E-state index in [1.165, 1.54) is 0 Å². The molecule has 1 aromatic carbocycles. The van der Waals surface area contributed by atoms with Crippen molar-refractivity contribution >= 4 is 11.6 Å². The van der Waals surface area contributed by atoms with Crippen molar-refractivity contribution in [3.63, 3.8) is 0 Å². The molecule has 0 aliphatic carbocycles. The van der Waals surface area contributed by atoms with Gasteiger partial charge in [-0.05, 0) is 25.5 Å². The summed E-state index contributed by atoms with van der Waals surface area (Å²) in [4.78, 5) is 13.9. The number of nitrogens with two attached hydrogens (primary N) is 1. The third-order valence-corrected chi connectivity index (χ3v) is 3.67. The summed E-state index contributed by atoms with van der Waals surface area (Å²) in [5.74, 6) is 0.772. The highest BCUT2D eigenvalue weighted by molar-refractivity contribution is 5.76. The summed E-state index contributed by atoms with van der Waals surface area (Å²) in [7, 11) is 1.83. The van der Waals surface area contributed by atoms with Crippen LogP contribution in [-0.2, 0) is 9.53 Å². The fourth-order valence-electron chi connectivity index (χ4n) is 2.45. The van der Waals surface area contributed by atoms with Crippen LogP contribution in [0.3, 0.4) is 0 Å². The summed E-state index contributed by atoms with van der Waals surface area (Å²) in [6.45, 7) is 3.09. The van der Waals surface area contributed by atoms with Gasteiger partial charge in [0.25, 0.3) is 0 Å². The molecule has 1 aliphatic heterocycles. The molecule has 0 radical (unpaired) electrons. The minimum Gasteiger partial charge on any atom is -0.493 e. The average Bonchev–Trinajstić information content (AvgIpc) is 2.84. The quantitative estimate of drug-likeness (QED) is 0.832. The number of ether oxygens (including phenoxy) is 2. The van der Waals surface area contributed by atoms with Gasteiger partial charge in [-0.15, -0.1) is 0 Å². The van der Waals surface area contributed by atoms with E-state index in [9.17, 15) is 4.79 Å². The Labute approximate surface area is 119 Å². The SMILES string of the molecule is CC1OCCC1N(C)C(=O)CCOc1cccc(N)c1. The molecule has 1 aliphatic rings. The van der Waals surface area contributed by atoms with Gasteiger partial charge in [0, 0.05) is 25.4 Å². The topological polar surface area (TPSA) is 64.8 Å². The van der Waals surface area contributed by atoms with Crippen molar-refractivity contribution < 1.29 is 14.3 Å². The van der Waals surface area contributed by atoms with E-state index in [0.717, 1.165) is 13.0 Å². The van der Waals surface area contributed by atoms with E-state index in [2.05, 4.69) is 0 Å². The highest BCUT2D eigenvalue weighted by Crippen LogP contribution is 2.19. The minimum atomic E-state index is 0.0799. The van der Waals surface area contributed by atoms with Crippen molar-refractivity contribution in [2.75, 3.05) is 26.0 Å². The number of anilines is 1. The van der Waals surface area contributed by atoms with Crippen LogP contribution in [0.25, 0.3) is 0 Å². The maximum atomic E-state index is 12.1. The number of hydrogen-bond acceptors (Lipinski definition) is 4. The number of carbonyl (C=O) groups excluding carboxylic acids is 1. The van der Waals surface area contributed by atoms with E-state index >= 15 is 0 Å². The van der Waals surface area contributed by atoms with E-state index in [4.69, 9.17) is 15.2 Å². The lowest BCUT2D eigenvalue weighted by Crippen LogP contribution is -2.41. The lowest BCUT2D eigenvalue weighted by Gasteiger charge is -2.26. The molecule has 5 nitrogen and oxygen atoms in total. The Morgan fingerprint density at radius 3 is 3.00 bits per heavy atom. The van der Waals surface area contributed by atoms with Crippen molar-refractivity contribution in [3.8, 4) is 5.75 Å². The van der Waals surface area contributed by atoms with Gasteiger partial charge < -0.3 is 20.1 Å². The summed E-state index contributed by atoms with van der Waals surface area (Å²) < 4.78 is 11.0. The Bertz CT molecular complexity index is 464. The number of hydrogen-bond donors (Lipinski definition) is 1. The number of amides is 1. The third-order valence-electron chi connectivity index (χ3n) is 3.67. The van der Waals surface area contributed by atoms with Gasteiger partial charge in [0.15, 0.2) is 0 Å². The van der Waals surface area contributed by atoms with Gasteiger partial charge in [-0.25, -0.2) is 0 Å². The number of nitrogen functional groups attached to an aromatic ring is 1. The zero-order valence-corrected chi connectivity index (χ0v) is 12.0. The van der Waals surface area contributed by atoms with E-state index < -0.39 is 0 Å². The lowest BCUT2D eigenvalue weighted by atomic mass is 10.1. The third kappa shape index (κ3) is 3.63. The fourth-order valence-corrected chi connectivity index (χ4v) is 2.45. The van der Waals surface area contributed by atoms with Crippen molar-refractivity contribution in [1.82, 2.24) is 4.90 Å². The van der Waals surface area contributed by atoms with E-state index in [1.807, 2.05) is 26.1 Å². The Balaban J connectivity index is 1.77. The maximum absolute atomic E-state index is 12.1. The number of rotatable bonds is 5. The number of carbonyl (C=O) groups is 1. The first-order chi connectivity index (χ1) is 9.58. The second-order valence-electron chi connectivity index (χ2n) is 5.11. The van der Waals surface area contributed by atoms with Crippen LogP contribution in [0.1, 0.15) is 19.8 Å². The maximum Gasteiger partial charge on any atom is 0.226 e. The van der Waals surface area contributed by atoms with E-state index in [1.54, 1.807) is 17.0 Å². The molecule has 1 fully saturated rings. The van der Waals surface area contributed by atoms with Crippen LogP contribution in [0.2, 0.25) is 0 Å². The molecule has 5 heteroatoms. The highest BCUT2D eigenvalue weighted by atomic mass is 16.5. The molecule has 0 spiro atoms. The normalized spacial score (nSPS) is 21.7. The second kappa shape index (κ2) is 6.61. The number of likely N-dealkylation sites (N-methyl/N-ethyl adjacent to an activating group) is 1.